The molecule has 0 aliphatic carbocycles. The Hall–Kier alpha value is 0.0300. The lowest BCUT2D eigenvalue weighted by atomic mass is 10.7. The lowest BCUT2D eigenvalue weighted by molar-refractivity contribution is 0.0784. The topological polar surface area (TPSA) is 58.6 Å². The minimum absolute atomic E-state index is 0.0592. The molecule has 1 atom stereocenters. The third-order valence-corrected chi connectivity index (χ3v) is 1.33. The maximum absolute atomic E-state index is 9.92. The van der Waals surface area contributed by atoms with Gasteiger partial charge in [0.1, 0.15) is 0 Å². The van der Waals surface area contributed by atoms with Crippen molar-refractivity contribution in [1.82, 2.24) is 0 Å². The third-order valence-electron chi connectivity index (χ3n) is 0.826. The molecule has 0 aromatic rings. The lowest BCUT2D eigenvalue weighted by Crippen LogP contribution is -2.08. The molecule has 0 radical (unpaired) electrons. The zero-order valence-corrected chi connectivity index (χ0v) is 6.69. The van der Waals surface area contributed by atoms with E-state index in [9.17, 15) is 8.76 Å². The second kappa shape index (κ2) is 7.14. The highest BCUT2D eigenvalue weighted by atomic mass is 32.2. The molecule has 0 bridgehead atoms. The Kier molecular flexibility index (Phi) is 7.16. The summed E-state index contributed by atoms with van der Waals surface area (Å²) in [5, 5.41) is 0. The molecule has 0 aromatic heterocycles. The van der Waals surface area contributed by atoms with Gasteiger partial charge in [-0.2, -0.15) is 0 Å². The van der Waals surface area contributed by atoms with E-state index in [0.29, 0.717) is 13.2 Å². The van der Waals surface area contributed by atoms with Gasteiger partial charge in [-0.1, -0.05) is 11.1 Å². The van der Waals surface area contributed by atoms with Gasteiger partial charge in [0, 0.05) is 12.9 Å². The number of hydrogen-bond acceptors (Lipinski definition) is 4. The minimum Gasteiger partial charge on any atom is -0.772 e. The molecule has 0 N–H and O–H groups in total. The summed E-state index contributed by atoms with van der Waals surface area (Å²) in [4.78, 5) is 0. The van der Waals surface area contributed by atoms with E-state index in [1.165, 1.54) is 0 Å². The van der Waals surface area contributed by atoms with Crippen LogP contribution < -0.4 is 0 Å². The molecule has 0 saturated carbocycles. The van der Waals surface area contributed by atoms with Crippen molar-refractivity contribution in [3.8, 4) is 0 Å². The highest BCUT2D eigenvalue weighted by Crippen LogP contribution is 1.78. The molecule has 62 valence electrons. The predicted octanol–water partition coefficient (Wildman–Crippen LogP) is -0.471. The highest BCUT2D eigenvalue weighted by molar-refractivity contribution is 7.79. The first-order valence-electron chi connectivity index (χ1n) is 2.90. The van der Waals surface area contributed by atoms with Crippen molar-refractivity contribution in [3.05, 3.63) is 0 Å². The summed E-state index contributed by atoms with van der Waals surface area (Å²) < 4.78 is 29.4. The molecule has 1 unspecified atom stereocenters. The van der Waals surface area contributed by atoms with Crippen LogP contribution in [-0.2, 0) is 20.6 Å². The Labute approximate surface area is 62.8 Å². The molecule has 0 amide bonds. The molecule has 0 spiro atoms. The molecule has 4 nitrogen and oxygen atoms in total. The molecule has 0 aromatic carbocycles. The Morgan fingerprint density at radius 2 is 2.10 bits per heavy atom. The summed E-state index contributed by atoms with van der Waals surface area (Å²) in [6.07, 6.45) is 0. The first-order valence-corrected chi connectivity index (χ1v) is 4.14. The van der Waals surface area contributed by atoms with Gasteiger partial charge < -0.3 is 14.0 Å². The molecular formula is C5H11O4S-. The number of ether oxygens (including phenoxy) is 2. The first kappa shape index (κ1) is 10.0. The lowest BCUT2D eigenvalue weighted by Gasteiger charge is -2.04. The van der Waals surface area contributed by atoms with Gasteiger partial charge in [-0.25, -0.2) is 0 Å². The van der Waals surface area contributed by atoms with Crippen molar-refractivity contribution in [3.63, 3.8) is 0 Å². The minimum atomic E-state index is -1.99. The van der Waals surface area contributed by atoms with Gasteiger partial charge >= 0.3 is 0 Å². The van der Waals surface area contributed by atoms with E-state index >= 15 is 0 Å². The fourth-order valence-corrected chi connectivity index (χ4v) is 0.625. The van der Waals surface area contributed by atoms with Crippen molar-refractivity contribution in [2.75, 3.05) is 32.7 Å². The fourth-order valence-electron chi connectivity index (χ4n) is 0.371. The van der Waals surface area contributed by atoms with Crippen LogP contribution in [0.25, 0.3) is 0 Å². The largest absolute Gasteiger partial charge is 0.772 e. The van der Waals surface area contributed by atoms with Crippen molar-refractivity contribution in [1.29, 1.82) is 0 Å². The molecule has 0 aliphatic heterocycles. The van der Waals surface area contributed by atoms with Crippen molar-refractivity contribution in [2.45, 2.75) is 0 Å². The maximum Gasteiger partial charge on any atom is 0.0700 e. The van der Waals surface area contributed by atoms with Gasteiger partial charge in [0.15, 0.2) is 0 Å². The Morgan fingerprint density at radius 1 is 1.40 bits per heavy atom. The normalized spacial score (nSPS) is 13.4. The van der Waals surface area contributed by atoms with E-state index in [1.807, 2.05) is 0 Å². The summed E-state index contributed by atoms with van der Waals surface area (Å²) in [6, 6.07) is 0. The molecule has 0 heterocycles. The highest BCUT2D eigenvalue weighted by Gasteiger charge is 1.86. The predicted molar refractivity (Wildman–Crippen MR) is 36.5 cm³/mol. The second-order valence-electron chi connectivity index (χ2n) is 1.61. The SMILES string of the molecule is COCCOCCS(=O)[O-]. The van der Waals surface area contributed by atoms with Crippen LogP contribution in [-0.4, -0.2) is 41.4 Å². The summed E-state index contributed by atoms with van der Waals surface area (Å²) in [5.41, 5.74) is 0. The Balaban J connectivity index is 2.84. The third kappa shape index (κ3) is 8.03. The van der Waals surface area contributed by atoms with Crippen LogP contribution in [0.4, 0.5) is 0 Å². The summed E-state index contributed by atoms with van der Waals surface area (Å²) >= 11 is -1.99. The monoisotopic (exact) mass is 167 g/mol. The molecule has 0 aliphatic rings. The number of rotatable bonds is 6. The molecule has 5 heteroatoms. The maximum atomic E-state index is 9.92. The molecule has 0 saturated heterocycles. The molecule has 0 fully saturated rings. The fraction of sp³-hybridized carbons (Fsp3) is 1.00. The van der Waals surface area contributed by atoms with Crippen molar-refractivity contribution in [2.24, 2.45) is 0 Å². The van der Waals surface area contributed by atoms with Crippen LogP contribution in [0.15, 0.2) is 0 Å². The first-order chi connectivity index (χ1) is 4.77. The van der Waals surface area contributed by atoms with Crippen LogP contribution in [0.5, 0.6) is 0 Å². The van der Waals surface area contributed by atoms with Crippen LogP contribution in [0, 0.1) is 0 Å². The van der Waals surface area contributed by atoms with Crippen LogP contribution >= 0.6 is 0 Å². The van der Waals surface area contributed by atoms with Crippen molar-refractivity contribution >= 4 is 11.1 Å². The standard InChI is InChI=1S/C5H12O4S/c1-8-2-3-9-4-5-10(6)7/h2-5H2,1H3,(H,6,7)/p-1. The number of hydrogen-bond donors (Lipinski definition) is 0. The van der Waals surface area contributed by atoms with Crippen molar-refractivity contribution < 1.29 is 18.2 Å². The van der Waals surface area contributed by atoms with E-state index in [-0.39, 0.29) is 12.4 Å². The zero-order valence-electron chi connectivity index (χ0n) is 5.87. The van der Waals surface area contributed by atoms with Gasteiger partial charge in [0.05, 0.1) is 19.8 Å². The summed E-state index contributed by atoms with van der Waals surface area (Å²) in [5.74, 6) is 0.0592. The van der Waals surface area contributed by atoms with Crippen LogP contribution in [0.2, 0.25) is 0 Å². The van der Waals surface area contributed by atoms with E-state index in [0.717, 1.165) is 0 Å². The quantitative estimate of drug-likeness (QED) is 0.396. The molecule has 0 rings (SSSR count). The zero-order chi connectivity index (χ0) is 7.82. The number of methoxy groups -OCH3 is 1. The average Bonchev–Trinajstić information content (AvgIpc) is 1.87. The smallest absolute Gasteiger partial charge is 0.0700 e. The Bertz CT molecular complexity index is 95.6. The van der Waals surface area contributed by atoms with Gasteiger partial charge in [-0.3, -0.25) is 4.21 Å². The van der Waals surface area contributed by atoms with Gasteiger partial charge in [0.25, 0.3) is 0 Å². The van der Waals surface area contributed by atoms with Gasteiger partial charge in [0.2, 0.25) is 0 Å². The van der Waals surface area contributed by atoms with Crippen LogP contribution in [0.1, 0.15) is 0 Å². The van der Waals surface area contributed by atoms with E-state index in [4.69, 9.17) is 4.74 Å². The van der Waals surface area contributed by atoms with E-state index in [1.54, 1.807) is 7.11 Å². The van der Waals surface area contributed by atoms with Gasteiger partial charge in [-0.15, -0.1) is 0 Å². The van der Waals surface area contributed by atoms with Gasteiger partial charge in [-0.05, 0) is 0 Å². The average molecular weight is 167 g/mol. The second-order valence-corrected chi connectivity index (χ2v) is 2.63. The van der Waals surface area contributed by atoms with Crippen LogP contribution in [0.3, 0.4) is 0 Å². The van der Waals surface area contributed by atoms with E-state index in [2.05, 4.69) is 4.74 Å². The molecular weight excluding hydrogens is 156 g/mol. The molecule has 10 heavy (non-hydrogen) atoms. The summed E-state index contributed by atoms with van der Waals surface area (Å²) in [6.45, 7) is 1.21. The Morgan fingerprint density at radius 3 is 2.60 bits per heavy atom. The van der Waals surface area contributed by atoms with E-state index < -0.39 is 11.1 Å². The summed E-state index contributed by atoms with van der Waals surface area (Å²) in [7, 11) is 1.56.